The van der Waals surface area contributed by atoms with Crippen LogP contribution in [0.2, 0.25) is 0 Å². The second-order valence-corrected chi connectivity index (χ2v) is 5.62. The number of rotatable bonds is 4. The van der Waals surface area contributed by atoms with Crippen molar-refractivity contribution in [3.63, 3.8) is 0 Å². The number of halogens is 3. The van der Waals surface area contributed by atoms with E-state index in [0.29, 0.717) is 12.0 Å². The van der Waals surface area contributed by atoms with Gasteiger partial charge in [-0.15, -0.1) is 24.8 Å². The Kier molecular flexibility index (Phi) is 9.46. The standard InChI is InChI=1S/C16H25FN2.2ClH/c1-4-12(2)16(19-9-7-18-8-10-19)15-6-5-14(17)11-13(15)3;;/h5-6,11-12,16,18H,4,7-10H2,1-3H3;2*1H/t12?,16-;;/m0../s1. The number of piperazine rings is 1. The first-order valence-electron chi connectivity index (χ1n) is 7.34. The van der Waals surface area contributed by atoms with Crippen LogP contribution in [-0.2, 0) is 0 Å². The molecule has 1 aromatic carbocycles. The molecule has 5 heteroatoms. The van der Waals surface area contributed by atoms with Gasteiger partial charge in [0.2, 0.25) is 0 Å². The van der Waals surface area contributed by atoms with Crippen LogP contribution in [0.15, 0.2) is 18.2 Å². The van der Waals surface area contributed by atoms with Crippen LogP contribution in [0.4, 0.5) is 4.39 Å². The lowest BCUT2D eigenvalue weighted by Crippen LogP contribution is -2.46. The average Bonchev–Trinajstić information content (AvgIpc) is 2.42. The smallest absolute Gasteiger partial charge is 0.123 e. The Morgan fingerprint density at radius 1 is 1.24 bits per heavy atom. The molecule has 1 aliphatic heterocycles. The van der Waals surface area contributed by atoms with Gasteiger partial charge < -0.3 is 5.32 Å². The van der Waals surface area contributed by atoms with Crippen LogP contribution >= 0.6 is 24.8 Å². The van der Waals surface area contributed by atoms with Crippen LogP contribution in [-0.4, -0.2) is 31.1 Å². The molecule has 21 heavy (non-hydrogen) atoms. The summed E-state index contributed by atoms with van der Waals surface area (Å²) in [5.74, 6) is 0.451. The molecule has 0 saturated carbocycles. The van der Waals surface area contributed by atoms with E-state index in [2.05, 4.69) is 24.1 Å². The Balaban J connectivity index is 0.00000200. The molecule has 1 saturated heterocycles. The van der Waals surface area contributed by atoms with Gasteiger partial charge >= 0.3 is 0 Å². The lowest BCUT2D eigenvalue weighted by molar-refractivity contribution is 0.128. The minimum atomic E-state index is -0.135. The van der Waals surface area contributed by atoms with Gasteiger partial charge in [-0.1, -0.05) is 26.3 Å². The molecule has 122 valence electrons. The first-order chi connectivity index (χ1) is 9.13. The summed E-state index contributed by atoms with van der Waals surface area (Å²) in [5, 5.41) is 3.40. The zero-order chi connectivity index (χ0) is 13.8. The number of hydrogen-bond acceptors (Lipinski definition) is 2. The van der Waals surface area contributed by atoms with Gasteiger partial charge in [-0.25, -0.2) is 4.39 Å². The molecular formula is C16H27Cl2FN2. The van der Waals surface area contributed by atoms with Gasteiger partial charge in [0, 0.05) is 32.2 Å². The average molecular weight is 337 g/mol. The van der Waals surface area contributed by atoms with Gasteiger partial charge in [0.25, 0.3) is 0 Å². The Hall–Kier alpha value is -0.350. The fraction of sp³-hybridized carbons (Fsp3) is 0.625. The molecule has 1 unspecified atom stereocenters. The van der Waals surface area contributed by atoms with E-state index in [0.717, 1.165) is 38.2 Å². The van der Waals surface area contributed by atoms with Crippen molar-refractivity contribution in [2.24, 2.45) is 5.92 Å². The summed E-state index contributed by atoms with van der Waals surface area (Å²) in [6.07, 6.45) is 1.14. The zero-order valence-electron chi connectivity index (χ0n) is 13.1. The maximum Gasteiger partial charge on any atom is 0.123 e. The molecule has 1 fully saturated rings. The number of nitrogens with one attached hydrogen (secondary N) is 1. The minimum absolute atomic E-state index is 0. The van der Waals surface area contributed by atoms with Crippen molar-refractivity contribution in [2.45, 2.75) is 33.2 Å². The molecule has 1 heterocycles. The molecule has 1 aliphatic rings. The summed E-state index contributed by atoms with van der Waals surface area (Å²) in [7, 11) is 0. The van der Waals surface area contributed by atoms with Gasteiger partial charge in [0.1, 0.15) is 5.82 Å². The summed E-state index contributed by atoms with van der Waals surface area (Å²) in [5.41, 5.74) is 2.36. The van der Waals surface area contributed by atoms with E-state index in [-0.39, 0.29) is 30.6 Å². The molecule has 0 amide bonds. The highest BCUT2D eigenvalue weighted by Gasteiger charge is 2.27. The van der Waals surface area contributed by atoms with Gasteiger partial charge in [0.15, 0.2) is 0 Å². The molecule has 0 aliphatic carbocycles. The highest BCUT2D eigenvalue weighted by atomic mass is 35.5. The second kappa shape index (κ2) is 9.62. The Morgan fingerprint density at radius 3 is 2.38 bits per heavy atom. The SMILES string of the molecule is CCC(C)[C@@H](c1ccc(F)cc1C)N1CCNCC1.Cl.Cl. The monoisotopic (exact) mass is 336 g/mol. The molecule has 2 atom stereocenters. The summed E-state index contributed by atoms with van der Waals surface area (Å²) in [6, 6.07) is 5.64. The second-order valence-electron chi connectivity index (χ2n) is 5.62. The highest BCUT2D eigenvalue weighted by Crippen LogP contribution is 2.33. The molecule has 2 nitrogen and oxygen atoms in total. The third kappa shape index (κ3) is 5.10. The molecule has 2 rings (SSSR count). The largest absolute Gasteiger partial charge is 0.314 e. The fourth-order valence-electron chi connectivity index (χ4n) is 3.02. The van der Waals surface area contributed by atoms with E-state index in [1.165, 1.54) is 5.56 Å². The normalized spacial score (nSPS) is 18.3. The summed E-state index contributed by atoms with van der Waals surface area (Å²) >= 11 is 0. The van der Waals surface area contributed by atoms with Crippen molar-refractivity contribution in [1.82, 2.24) is 10.2 Å². The Morgan fingerprint density at radius 2 is 1.86 bits per heavy atom. The fourth-order valence-corrected chi connectivity index (χ4v) is 3.02. The predicted molar refractivity (Wildman–Crippen MR) is 92.3 cm³/mol. The van der Waals surface area contributed by atoms with E-state index in [4.69, 9.17) is 0 Å². The number of aryl methyl sites for hydroxylation is 1. The molecule has 0 radical (unpaired) electrons. The first-order valence-corrected chi connectivity index (χ1v) is 7.34. The number of hydrogen-bond donors (Lipinski definition) is 1. The maximum absolute atomic E-state index is 13.3. The zero-order valence-corrected chi connectivity index (χ0v) is 14.7. The van der Waals surface area contributed by atoms with Crippen LogP contribution in [0.3, 0.4) is 0 Å². The van der Waals surface area contributed by atoms with Crippen molar-refractivity contribution in [3.8, 4) is 0 Å². The maximum atomic E-state index is 13.3. The van der Waals surface area contributed by atoms with Crippen molar-refractivity contribution in [3.05, 3.63) is 35.1 Å². The summed E-state index contributed by atoms with van der Waals surface area (Å²) < 4.78 is 13.3. The van der Waals surface area contributed by atoms with Crippen LogP contribution in [0.5, 0.6) is 0 Å². The van der Waals surface area contributed by atoms with Crippen LogP contribution in [0.25, 0.3) is 0 Å². The molecule has 0 bridgehead atoms. The summed E-state index contributed by atoms with van der Waals surface area (Å²) in [6.45, 7) is 10.8. The van der Waals surface area contributed by atoms with Crippen LogP contribution in [0, 0.1) is 18.7 Å². The number of nitrogens with zero attached hydrogens (tertiary/aromatic N) is 1. The van der Waals surface area contributed by atoms with Crippen molar-refractivity contribution < 1.29 is 4.39 Å². The lowest BCUT2D eigenvalue weighted by Gasteiger charge is -2.39. The van der Waals surface area contributed by atoms with E-state index in [9.17, 15) is 4.39 Å². The topological polar surface area (TPSA) is 15.3 Å². The quantitative estimate of drug-likeness (QED) is 0.894. The van der Waals surface area contributed by atoms with Gasteiger partial charge in [0.05, 0.1) is 0 Å². The van der Waals surface area contributed by atoms with Crippen molar-refractivity contribution >= 4 is 24.8 Å². The third-order valence-electron chi connectivity index (χ3n) is 4.28. The first kappa shape index (κ1) is 20.6. The van der Waals surface area contributed by atoms with E-state index < -0.39 is 0 Å². The van der Waals surface area contributed by atoms with Gasteiger partial charge in [-0.05, 0) is 36.1 Å². The third-order valence-corrected chi connectivity index (χ3v) is 4.28. The Bertz CT molecular complexity index is 423. The van der Waals surface area contributed by atoms with E-state index in [1.54, 1.807) is 12.1 Å². The van der Waals surface area contributed by atoms with E-state index >= 15 is 0 Å². The van der Waals surface area contributed by atoms with Gasteiger partial charge in [-0.3, -0.25) is 4.90 Å². The molecule has 1 N–H and O–H groups in total. The van der Waals surface area contributed by atoms with Crippen LogP contribution in [0.1, 0.15) is 37.4 Å². The lowest BCUT2D eigenvalue weighted by atomic mass is 9.88. The van der Waals surface area contributed by atoms with Gasteiger partial charge in [-0.2, -0.15) is 0 Å². The highest BCUT2D eigenvalue weighted by molar-refractivity contribution is 5.85. The molecule has 0 aromatic heterocycles. The number of benzene rings is 1. The predicted octanol–water partition coefficient (Wildman–Crippen LogP) is 3.97. The summed E-state index contributed by atoms with van der Waals surface area (Å²) in [4.78, 5) is 2.55. The van der Waals surface area contributed by atoms with E-state index in [1.807, 2.05) is 13.0 Å². The molecular weight excluding hydrogens is 310 g/mol. The molecule has 1 aromatic rings. The minimum Gasteiger partial charge on any atom is -0.314 e. The van der Waals surface area contributed by atoms with Crippen LogP contribution < -0.4 is 5.32 Å². The van der Waals surface area contributed by atoms with Crippen molar-refractivity contribution in [2.75, 3.05) is 26.2 Å². The molecule has 0 spiro atoms. The Labute approximate surface area is 140 Å². The van der Waals surface area contributed by atoms with Crippen molar-refractivity contribution in [1.29, 1.82) is 0 Å².